The van der Waals surface area contributed by atoms with Crippen LogP contribution in [-0.4, -0.2) is 10.2 Å². The fourth-order valence-electron chi connectivity index (χ4n) is 2.25. The third-order valence-corrected chi connectivity index (χ3v) is 3.62. The number of halogens is 2. The Bertz CT molecular complexity index is 757. The van der Waals surface area contributed by atoms with Gasteiger partial charge in [0.1, 0.15) is 0 Å². The first-order valence-electron chi connectivity index (χ1n) is 8.45. The molecular weight excluding hydrogens is 437 g/mol. The summed E-state index contributed by atoms with van der Waals surface area (Å²) in [6.45, 7) is 0. The Balaban J connectivity index is 0.000000211. The molecule has 0 aliphatic heterocycles. The van der Waals surface area contributed by atoms with Gasteiger partial charge in [-0.05, 0) is 24.3 Å². The maximum Gasteiger partial charge on any atom is 2.00 e. The summed E-state index contributed by atoms with van der Waals surface area (Å²) in [7, 11) is 0. The molecule has 2 aromatic rings. The van der Waals surface area contributed by atoms with Gasteiger partial charge in [0.05, 0.1) is 0 Å². The summed E-state index contributed by atoms with van der Waals surface area (Å²) in [5.74, 6) is -1.75. The molecule has 0 saturated carbocycles. The van der Waals surface area contributed by atoms with Crippen LogP contribution in [0, 0.1) is 23.8 Å². The largest absolute Gasteiger partial charge is 2.00 e. The van der Waals surface area contributed by atoms with E-state index in [4.69, 9.17) is 10.2 Å². The summed E-state index contributed by atoms with van der Waals surface area (Å²) in [5.41, 5.74) is 2.64. The van der Waals surface area contributed by atoms with Crippen molar-refractivity contribution in [2.45, 2.75) is 19.3 Å². The molecule has 2 N–H and O–H groups in total. The van der Waals surface area contributed by atoms with Gasteiger partial charge in [0.2, 0.25) is 0 Å². The van der Waals surface area contributed by atoms with Crippen molar-refractivity contribution in [2.75, 3.05) is 0 Å². The van der Waals surface area contributed by atoms with Crippen LogP contribution in [0.5, 0.6) is 11.5 Å². The van der Waals surface area contributed by atoms with Gasteiger partial charge in [-0.25, -0.2) is 32.1 Å². The van der Waals surface area contributed by atoms with Crippen LogP contribution >= 0.6 is 0 Å². The summed E-state index contributed by atoms with van der Waals surface area (Å²) in [5, 5.41) is 17.1. The molecule has 0 unspecified atom stereocenters. The number of rotatable bonds is 2. The number of phenolic OH excluding ortho intramolecular Hbond substituents is 2. The second-order valence-corrected chi connectivity index (χ2v) is 5.70. The van der Waals surface area contributed by atoms with Gasteiger partial charge in [-0.3, -0.25) is 12.2 Å². The fourth-order valence-corrected chi connectivity index (χ4v) is 2.25. The number of benzene rings is 2. The number of hydrogen-bond acceptors (Lipinski definition) is 2. The summed E-state index contributed by atoms with van der Waals surface area (Å²) in [6, 6.07) is 11.2. The van der Waals surface area contributed by atoms with E-state index in [9.17, 15) is 8.78 Å². The normalized spacial score (nSPS) is 13.4. The van der Waals surface area contributed by atoms with Gasteiger partial charge in [0, 0.05) is 0 Å². The van der Waals surface area contributed by atoms with E-state index in [-0.39, 0.29) is 37.7 Å². The van der Waals surface area contributed by atoms with Crippen LogP contribution in [0.15, 0.2) is 84.0 Å². The van der Waals surface area contributed by atoms with E-state index in [1.165, 1.54) is 47.5 Å². The summed E-state index contributed by atoms with van der Waals surface area (Å²) in [4.78, 5) is 0. The Kier molecular flexibility index (Phi) is 11.1. The molecule has 2 aliphatic rings. The molecule has 142 valence electrons. The van der Waals surface area contributed by atoms with Gasteiger partial charge >= 0.3 is 26.2 Å². The van der Waals surface area contributed by atoms with Gasteiger partial charge in [-0.2, -0.15) is 12.2 Å². The van der Waals surface area contributed by atoms with Gasteiger partial charge in [0.15, 0.2) is 23.1 Å². The van der Waals surface area contributed by atoms with Crippen molar-refractivity contribution < 1.29 is 45.2 Å². The van der Waals surface area contributed by atoms with Gasteiger partial charge in [-0.1, -0.05) is 30.7 Å². The van der Waals surface area contributed by atoms with Crippen molar-refractivity contribution in [3.8, 4) is 11.5 Å². The zero-order chi connectivity index (χ0) is 19.5. The molecule has 0 aromatic heterocycles. The predicted octanol–water partition coefficient (Wildman–Crippen LogP) is 5.82. The number of para-hydroxylation sites is 2. The first-order valence-corrected chi connectivity index (χ1v) is 8.45. The SMILES string of the molecule is Oc1ccccc1F.Oc1ccccc1F.[C-]1=C(CC2=[C-]CC=C2)C=CC1.[Zr+2]. The van der Waals surface area contributed by atoms with Crippen LogP contribution in [0.25, 0.3) is 0 Å². The van der Waals surface area contributed by atoms with E-state index in [0.29, 0.717) is 0 Å². The van der Waals surface area contributed by atoms with Crippen molar-refractivity contribution >= 4 is 0 Å². The Hall–Kier alpha value is -2.26. The smallest absolute Gasteiger partial charge is 0.505 e. The zero-order valence-corrected chi connectivity index (χ0v) is 17.7. The molecule has 0 spiro atoms. The van der Waals surface area contributed by atoms with Crippen molar-refractivity contribution in [3.63, 3.8) is 0 Å². The molecule has 0 bridgehead atoms. The Labute approximate surface area is 183 Å². The fraction of sp³-hybridized carbons (Fsp3) is 0.130. The van der Waals surface area contributed by atoms with Crippen LogP contribution < -0.4 is 0 Å². The number of allylic oxidation sites excluding steroid dienone is 8. The number of phenols is 2. The summed E-state index contributed by atoms with van der Waals surface area (Å²) >= 11 is 0. The maximum absolute atomic E-state index is 12.1. The van der Waals surface area contributed by atoms with E-state index < -0.39 is 11.6 Å². The molecule has 4 rings (SSSR count). The quantitative estimate of drug-likeness (QED) is 0.558. The van der Waals surface area contributed by atoms with E-state index in [0.717, 1.165) is 19.3 Å². The minimum absolute atomic E-state index is 0. The van der Waals surface area contributed by atoms with Crippen LogP contribution in [0.4, 0.5) is 8.78 Å². The van der Waals surface area contributed by atoms with E-state index in [2.05, 4.69) is 36.5 Å². The monoisotopic (exact) mass is 456 g/mol. The summed E-state index contributed by atoms with van der Waals surface area (Å²) in [6.07, 6.45) is 18.2. The molecule has 0 radical (unpaired) electrons. The van der Waals surface area contributed by atoms with Crippen LogP contribution in [0.1, 0.15) is 19.3 Å². The van der Waals surface area contributed by atoms with Crippen LogP contribution in [-0.2, 0) is 26.2 Å². The summed E-state index contributed by atoms with van der Waals surface area (Å²) < 4.78 is 24.1. The van der Waals surface area contributed by atoms with Gasteiger partial charge in [0.25, 0.3) is 0 Å². The second-order valence-electron chi connectivity index (χ2n) is 5.70. The van der Waals surface area contributed by atoms with Crippen LogP contribution in [0.3, 0.4) is 0 Å². The molecule has 28 heavy (non-hydrogen) atoms. The van der Waals surface area contributed by atoms with Crippen molar-refractivity contribution in [3.05, 3.63) is 108 Å². The third-order valence-electron chi connectivity index (χ3n) is 3.62. The molecule has 5 heteroatoms. The molecular formula is C23H20F2O2Zr. The van der Waals surface area contributed by atoms with E-state index in [1.807, 2.05) is 0 Å². The Morgan fingerprint density at radius 2 is 1.11 bits per heavy atom. The average molecular weight is 458 g/mol. The standard InChI is InChI=1S/C11H10.2C6H5FO.Zr/c1-2-6-10(5-1)9-11-7-3-4-8-11;2*7-5-3-1-2-4-6(5)8;/h1,3,5,7H,2,4,9H2;2*1-4,8H;/q-2;;;+2. The van der Waals surface area contributed by atoms with Crippen molar-refractivity contribution in [1.82, 2.24) is 0 Å². The molecule has 0 heterocycles. The zero-order valence-electron chi connectivity index (χ0n) is 15.2. The topological polar surface area (TPSA) is 40.5 Å². The Morgan fingerprint density at radius 1 is 0.714 bits per heavy atom. The van der Waals surface area contributed by atoms with Crippen molar-refractivity contribution in [1.29, 1.82) is 0 Å². The molecule has 0 amide bonds. The predicted molar refractivity (Wildman–Crippen MR) is 102 cm³/mol. The van der Waals surface area contributed by atoms with E-state index >= 15 is 0 Å². The number of aromatic hydroxyl groups is 2. The maximum atomic E-state index is 12.1. The van der Waals surface area contributed by atoms with Gasteiger partial charge in [-0.15, -0.1) is 12.8 Å². The van der Waals surface area contributed by atoms with Crippen molar-refractivity contribution in [2.24, 2.45) is 0 Å². The molecule has 2 nitrogen and oxygen atoms in total. The molecule has 2 aliphatic carbocycles. The molecule has 0 saturated heterocycles. The number of hydrogen-bond donors (Lipinski definition) is 2. The second kappa shape index (κ2) is 13.0. The molecule has 0 atom stereocenters. The average Bonchev–Trinajstić information content (AvgIpc) is 3.36. The Morgan fingerprint density at radius 3 is 1.36 bits per heavy atom. The third kappa shape index (κ3) is 8.62. The van der Waals surface area contributed by atoms with Gasteiger partial charge < -0.3 is 10.2 Å². The first kappa shape index (κ1) is 23.8. The first-order chi connectivity index (χ1) is 13.1. The molecule has 2 aromatic carbocycles. The minimum atomic E-state index is -0.576. The molecule has 0 fully saturated rings. The minimum Gasteiger partial charge on any atom is -0.505 e. The van der Waals surface area contributed by atoms with Crippen LogP contribution in [0.2, 0.25) is 0 Å². The van der Waals surface area contributed by atoms with E-state index in [1.54, 1.807) is 12.1 Å².